The number of hydrogen-bond donors (Lipinski definition) is 4. The standard InChI is InChI=1S/C23H25NO7/c1-14(26)24-20-22(29)21(28)19(13-25)31-23(20)30-18-10-6-5-9-16(18)11-12-17(27)15-7-3-2-4-8-15/h2-12,19-23,25,28-29H,13H2,1H3,(H,24,26)/b12-11+/t19-,20+,21+,22+,23-/m1/s1. The maximum absolute atomic E-state index is 12.4. The number of amides is 1. The van der Waals surface area contributed by atoms with Crippen LogP contribution in [-0.2, 0) is 9.53 Å². The third-order valence-corrected chi connectivity index (χ3v) is 4.89. The topological polar surface area (TPSA) is 125 Å². The van der Waals surface area contributed by atoms with Crippen LogP contribution >= 0.6 is 0 Å². The summed E-state index contributed by atoms with van der Waals surface area (Å²) < 4.78 is 11.5. The van der Waals surface area contributed by atoms with Gasteiger partial charge in [0.25, 0.3) is 0 Å². The Labute approximate surface area is 179 Å². The lowest BCUT2D eigenvalue weighted by molar-refractivity contribution is -0.244. The molecule has 0 unspecified atom stereocenters. The Balaban J connectivity index is 1.83. The molecule has 1 aliphatic heterocycles. The van der Waals surface area contributed by atoms with Gasteiger partial charge >= 0.3 is 0 Å². The van der Waals surface area contributed by atoms with Gasteiger partial charge in [0.2, 0.25) is 12.2 Å². The highest BCUT2D eigenvalue weighted by Gasteiger charge is 2.46. The van der Waals surface area contributed by atoms with Crippen LogP contribution in [0.25, 0.3) is 6.08 Å². The van der Waals surface area contributed by atoms with E-state index < -0.39 is 43.2 Å². The molecule has 5 atom stereocenters. The normalized spacial score (nSPS) is 25.9. The lowest BCUT2D eigenvalue weighted by Crippen LogP contribution is -2.65. The molecular weight excluding hydrogens is 402 g/mol. The summed E-state index contributed by atoms with van der Waals surface area (Å²) in [5.41, 5.74) is 1.11. The van der Waals surface area contributed by atoms with Gasteiger partial charge in [0.1, 0.15) is 30.1 Å². The molecule has 1 amide bonds. The van der Waals surface area contributed by atoms with Crippen molar-refractivity contribution in [3.8, 4) is 5.75 Å². The van der Waals surface area contributed by atoms with Crippen LogP contribution in [0, 0.1) is 0 Å². The van der Waals surface area contributed by atoms with E-state index in [9.17, 15) is 24.9 Å². The Morgan fingerprint density at radius 1 is 1.06 bits per heavy atom. The maximum Gasteiger partial charge on any atom is 0.223 e. The summed E-state index contributed by atoms with van der Waals surface area (Å²) in [6.45, 7) is 0.720. The van der Waals surface area contributed by atoms with E-state index in [1.807, 2.05) is 6.07 Å². The third-order valence-electron chi connectivity index (χ3n) is 4.89. The Kier molecular flexibility index (Phi) is 7.54. The number of carbonyl (C=O) groups is 2. The van der Waals surface area contributed by atoms with Gasteiger partial charge in [-0.05, 0) is 18.2 Å². The monoisotopic (exact) mass is 427 g/mol. The molecule has 0 saturated carbocycles. The summed E-state index contributed by atoms with van der Waals surface area (Å²) in [4.78, 5) is 23.9. The minimum absolute atomic E-state index is 0.181. The second-order valence-corrected chi connectivity index (χ2v) is 7.15. The number of nitrogens with one attached hydrogen (secondary N) is 1. The SMILES string of the molecule is CC(=O)N[C@@H]1[C@H](Oc2ccccc2/C=C/C(=O)c2ccccc2)O[C@H](CO)[C@H](O)[C@H]1O. The van der Waals surface area contributed by atoms with E-state index in [2.05, 4.69) is 5.32 Å². The molecule has 1 heterocycles. The number of para-hydroxylation sites is 1. The second-order valence-electron chi connectivity index (χ2n) is 7.15. The van der Waals surface area contributed by atoms with Crippen molar-refractivity contribution < 1.29 is 34.4 Å². The van der Waals surface area contributed by atoms with Crippen molar-refractivity contribution in [1.29, 1.82) is 0 Å². The highest BCUT2D eigenvalue weighted by atomic mass is 16.7. The van der Waals surface area contributed by atoms with E-state index in [4.69, 9.17) is 9.47 Å². The molecule has 0 spiro atoms. The molecule has 0 radical (unpaired) electrons. The molecule has 2 aromatic rings. The maximum atomic E-state index is 12.4. The highest BCUT2D eigenvalue weighted by Crippen LogP contribution is 2.27. The number of hydrogen-bond acceptors (Lipinski definition) is 7. The fourth-order valence-electron chi connectivity index (χ4n) is 3.29. The summed E-state index contributed by atoms with van der Waals surface area (Å²) in [6.07, 6.45) is -2.08. The molecule has 8 nitrogen and oxygen atoms in total. The molecule has 1 aliphatic rings. The molecule has 0 bridgehead atoms. The van der Waals surface area contributed by atoms with Crippen LogP contribution in [0.4, 0.5) is 0 Å². The lowest BCUT2D eigenvalue weighted by atomic mass is 9.97. The number of ether oxygens (including phenoxy) is 2. The van der Waals surface area contributed by atoms with Gasteiger partial charge < -0.3 is 30.1 Å². The van der Waals surface area contributed by atoms with Crippen LogP contribution in [0.3, 0.4) is 0 Å². The van der Waals surface area contributed by atoms with E-state index in [0.29, 0.717) is 16.9 Å². The van der Waals surface area contributed by atoms with Gasteiger partial charge in [-0.2, -0.15) is 0 Å². The quantitative estimate of drug-likeness (QED) is 0.382. The summed E-state index contributed by atoms with van der Waals surface area (Å²) in [5.74, 6) is -0.294. The Morgan fingerprint density at radius 2 is 1.74 bits per heavy atom. The molecule has 2 aromatic carbocycles. The van der Waals surface area contributed by atoms with Crippen LogP contribution in [0.2, 0.25) is 0 Å². The fourth-order valence-corrected chi connectivity index (χ4v) is 3.29. The predicted octanol–water partition coefficient (Wildman–Crippen LogP) is 0.905. The van der Waals surface area contributed by atoms with Gasteiger partial charge in [-0.25, -0.2) is 0 Å². The van der Waals surface area contributed by atoms with Crippen LogP contribution in [0.5, 0.6) is 5.75 Å². The zero-order valence-electron chi connectivity index (χ0n) is 16.9. The molecule has 0 aliphatic carbocycles. The van der Waals surface area contributed by atoms with Gasteiger partial charge in [0, 0.05) is 18.1 Å². The molecule has 4 N–H and O–H groups in total. The summed E-state index contributed by atoms with van der Waals surface area (Å²) in [7, 11) is 0. The van der Waals surface area contributed by atoms with E-state index in [0.717, 1.165) is 0 Å². The van der Waals surface area contributed by atoms with Crippen LogP contribution < -0.4 is 10.1 Å². The first-order valence-corrected chi connectivity index (χ1v) is 9.83. The largest absolute Gasteiger partial charge is 0.462 e. The van der Waals surface area contributed by atoms with Crippen LogP contribution in [-0.4, -0.2) is 64.3 Å². The average molecular weight is 427 g/mol. The van der Waals surface area contributed by atoms with Crippen LogP contribution in [0.15, 0.2) is 60.7 Å². The molecular formula is C23H25NO7. The van der Waals surface area contributed by atoms with Crippen molar-refractivity contribution in [2.24, 2.45) is 0 Å². The van der Waals surface area contributed by atoms with Gasteiger partial charge in [-0.1, -0.05) is 48.5 Å². The smallest absolute Gasteiger partial charge is 0.223 e. The minimum Gasteiger partial charge on any atom is -0.462 e. The molecule has 1 fully saturated rings. The van der Waals surface area contributed by atoms with Crippen molar-refractivity contribution in [2.45, 2.75) is 37.6 Å². The molecule has 0 aromatic heterocycles. The summed E-state index contributed by atoms with van der Waals surface area (Å²) in [5, 5.41) is 32.5. The highest BCUT2D eigenvalue weighted by molar-refractivity contribution is 6.06. The first-order valence-electron chi connectivity index (χ1n) is 9.83. The first-order chi connectivity index (χ1) is 14.9. The number of benzene rings is 2. The van der Waals surface area contributed by atoms with E-state index >= 15 is 0 Å². The first kappa shape index (κ1) is 22.6. The second kappa shape index (κ2) is 10.3. The number of aliphatic hydroxyl groups excluding tert-OH is 3. The Bertz CT molecular complexity index is 931. The average Bonchev–Trinajstić information content (AvgIpc) is 2.78. The number of carbonyl (C=O) groups excluding carboxylic acids is 2. The lowest BCUT2D eigenvalue weighted by Gasteiger charge is -2.42. The fraction of sp³-hybridized carbons (Fsp3) is 0.304. The molecule has 31 heavy (non-hydrogen) atoms. The number of ketones is 1. The Hall–Kier alpha value is -3.04. The van der Waals surface area contributed by atoms with Crippen molar-refractivity contribution in [3.05, 3.63) is 71.8 Å². The van der Waals surface area contributed by atoms with Gasteiger partial charge in [0.05, 0.1) is 6.61 Å². The Morgan fingerprint density at radius 3 is 2.42 bits per heavy atom. The third kappa shape index (κ3) is 5.56. The zero-order chi connectivity index (χ0) is 22.4. The molecule has 8 heteroatoms. The zero-order valence-corrected chi connectivity index (χ0v) is 16.9. The van der Waals surface area contributed by atoms with Gasteiger partial charge in [-0.15, -0.1) is 0 Å². The molecule has 3 rings (SSSR count). The van der Waals surface area contributed by atoms with Crippen molar-refractivity contribution in [2.75, 3.05) is 6.61 Å². The number of aliphatic hydroxyl groups is 3. The van der Waals surface area contributed by atoms with Gasteiger partial charge in [-0.3, -0.25) is 9.59 Å². The van der Waals surface area contributed by atoms with Crippen molar-refractivity contribution >= 4 is 17.8 Å². The molecule has 164 valence electrons. The van der Waals surface area contributed by atoms with E-state index in [1.165, 1.54) is 13.0 Å². The van der Waals surface area contributed by atoms with E-state index in [1.54, 1.807) is 54.6 Å². The van der Waals surface area contributed by atoms with Crippen LogP contribution in [0.1, 0.15) is 22.8 Å². The summed E-state index contributed by atoms with van der Waals surface area (Å²) >= 11 is 0. The van der Waals surface area contributed by atoms with Gasteiger partial charge in [0.15, 0.2) is 5.78 Å². The minimum atomic E-state index is -1.41. The summed E-state index contributed by atoms with van der Waals surface area (Å²) in [6, 6.07) is 14.6. The van der Waals surface area contributed by atoms with Crippen molar-refractivity contribution in [3.63, 3.8) is 0 Å². The molecule has 1 saturated heterocycles. The number of rotatable bonds is 7. The van der Waals surface area contributed by atoms with Crippen molar-refractivity contribution in [1.82, 2.24) is 5.32 Å². The number of allylic oxidation sites excluding steroid dienone is 1. The predicted molar refractivity (Wildman–Crippen MR) is 112 cm³/mol. The van der Waals surface area contributed by atoms with E-state index in [-0.39, 0.29) is 5.78 Å².